The van der Waals surface area contributed by atoms with E-state index in [2.05, 4.69) is 29.3 Å². The third kappa shape index (κ3) is 3.39. The predicted molar refractivity (Wildman–Crippen MR) is 112 cm³/mol. The molecule has 1 aliphatic heterocycles. The van der Waals surface area contributed by atoms with Gasteiger partial charge in [0.25, 0.3) is 5.91 Å². The first-order chi connectivity index (χ1) is 13.2. The molecule has 1 fully saturated rings. The fourth-order valence-corrected chi connectivity index (χ4v) is 3.84. The molecule has 2 aromatic carbocycles. The first kappa shape index (κ1) is 17.5. The third-order valence-electron chi connectivity index (χ3n) is 5.36. The van der Waals surface area contributed by atoms with E-state index in [1.807, 2.05) is 43.3 Å². The quantitative estimate of drug-likeness (QED) is 0.716. The Balaban J connectivity index is 1.76. The highest BCUT2D eigenvalue weighted by molar-refractivity contribution is 6.14. The summed E-state index contributed by atoms with van der Waals surface area (Å²) in [5.74, 6) is 0.869. The Morgan fingerprint density at radius 3 is 2.48 bits per heavy atom. The summed E-state index contributed by atoms with van der Waals surface area (Å²) in [6.07, 6.45) is 3.35. The van der Waals surface area contributed by atoms with Crippen LogP contribution in [0, 0.1) is 6.92 Å². The lowest BCUT2D eigenvalue weighted by Crippen LogP contribution is -2.23. The van der Waals surface area contributed by atoms with Crippen LogP contribution in [-0.4, -0.2) is 24.0 Å². The Bertz CT molecular complexity index is 973. The van der Waals surface area contributed by atoms with Crippen LogP contribution < -0.4 is 10.2 Å². The van der Waals surface area contributed by atoms with Crippen molar-refractivity contribution in [3.8, 4) is 0 Å². The molecule has 1 aliphatic rings. The second kappa shape index (κ2) is 7.39. The molecule has 0 spiro atoms. The lowest BCUT2D eigenvalue weighted by atomic mass is 10.0. The number of fused-ring (bicyclic) bond motifs is 1. The number of anilines is 2. The van der Waals surface area contributed by atoms with E-state index < -0.39 is 0 Å². The Labute approximate surface area is 160 Å². The van der Waals surface area contributed by atoms with Gasteiger partial charge in [0.1, 0.15) is 5.82 Å². The van der Waals surface area contributed by atoms with Gasteiger partial charge in [0, 0.05) is 29.7 Å². The number of aryl methyl sites for hydroxylation is 1. The summed E-state index contributed by atoms with van der Waals surface area (Å²) in [5, 5.41) is 3.98. The molecule has 1 aromatic heterocycles. The van der Waals surface area contributed by atoms with Gasteiger partial charge in [0.2, 0.25) is 0 Å². The van der Waals surface area contributed by atoms with E-state index in [0.29, 0.717) is 0 Å². The molecule has 1 saturated heterocycles. The van der Waals surface area contributed by atoms with Crippen molar-refractivity contribution in [2.45, 2.75) is 33.1 Å². The van der Waals surface area contributed by atoms with E-state index in [0.717, 1.165) is 53.0 Å². The van der Waals surface area contributed by atoms with Crippen LogP contribution in [0.2, 0.25) is 0 Å². The van der Waals surface area contributed by atoms with Crippen molar-refractivity contribution >= 4 is 28.3 Å². The minimum atomic E-state index is -0.0733. The molecular formula is C23H25N3O. The Morgan fingerprint density at radius 2 is 1.78 bits per heavy atom. The van der Waals surface area contributed by atoms with Crippen LogP contribution in [-0.2, 0) is 6.42 Å². The molecule has 0 unspecified atom stereocenters. The van der Waals surface area contributed by atoms with E-state index in [4.69, 9.17) is 4.98 Å². The zero-order valence-electron chi connectivity index (χ0n) is 16.0. The molecule has 1 N–H and O–H groups in total. The molecule has 0 aliphatic carbocycles. The largest absolute Gasteiger partial charge is 0.356 e. The maximum absolute atomic E-state index is 13.2. The van der Waals surface area contributed by atoms with E-state index in [1.165, 1.54) is 18.4 Å². The molecule has 3 aromatic rings. The number of rotatable bonds is 4. The molecule has 138 valence electrons. The van der Waals surface area contributed by atoms with Crippen LogP contribution in [0.3, 0.4) is 0 Å². The highest BCUT2D eigenvalue weighted by Gasteiger charge is 2.23. The van der Waals surface area contributed by atoms with Crippen LogP contribution in [0.5, 0.6) is 0 Å². The van der Waals surface area contributed by atoms with Gasteiger partial charge in [-0.05, 0) is 49.9 Å². The average molecular weight is 359 g/mol. The summed E-state index contributed by atoms with van der Waals surface area (Å²) >= 11 is 0. The number of para-hydroxylation sites is 1. The molecule has 4 heteroatoms. The minimum Gasteiger partial charge on any atom is -0.356 e. The number of hydrogen-bond acceptors (Lipinski definition) is 3. The monoisotopic (exact) mass is 359 g/mol. The van der Waals surface area contributed by atoms with Gasteiger partial charge in [-0.1, -0.05) is 37.3 Å². The molecule has 0 saturated carbocycles. The Kier molecular flexibility index (Phi) is 4.80. The Hall–Kier alpha value is -2.88. The minimum absolute atomic E-state index is 0.0733. The summed E-state index contributed by atoms with van der Waals surface area (Å²) in [6.45, 7) is 6.15. The van der Waals surface area contributed by atoms with Gasteiger partial charge in [-0.15, -0.1) is 0 Å². The molecule has 4 rings (SSSR count). The number of nitrogens with one attached hydrogen (secondary N) is 1. The zero-order chi connectivity index (χ0) is 18.8. The van der Waals surface area contributed by atoms with Crippen LogP contribution in [0.4, 0.5) is 11.5 Å². The van der Waals surface area contributed by atoms with Crippen molar-refractivity contribution in [2.75, 3.05) is 23.3 Å². The highest BCUT2D eigenvalue weighted by atomic mass is 16.1. The fourth-order valence-electron chi connectivity index (χ4n) is 3.84. The maximum atomic E-state index is 13.2. The van der Waals surface area contributed by atoms with Gasteiger partial charge in [-0.25, -0.2) is 4.98 Å². The highest BCUT2D eigenvalue weighted by Crippen LogP contribution is 2.30. The number of carbonyl (C=O) groups is 1. The molecule has 1 amide bonds. The van der Waals surface area contributed by atoms with Crippen molar-refractivity contribution in [1.82, 2.24) is 4.98 Å². The van der Waals surface area contributed by atoms with Crippen molar-refractivity contribution in [1.29, 1.82) is 0 Å². The third-order valence-corrected chi connectivity index (χ3v) is 5.36. The standard InChI is InChI=1S/C23H25N3O/c1-3-17-10-12-18(13-11-17)24-23(27)21-16(2)22(26-14-6-7-15-26)25-20-9-5-4-8-19(20)21/h4-5,8-13H,3,6-7,14-15H2,1-2H3,(H,24,27). The van der Waals surface area contributed by atoms with E-state index in [9.17, 15) is 4.79 Å². The molecule has 4 nitrogen and oxygen atoms in total. The molecular weight excluding hydrogens is 334 g/mol. The fraction of sp³-hybridized carbons (Fsp3) is 0.304. The number of pyridine rings is 1. The normalized spacial score (nSPS) is 13.9. The SMILES string of the molecule is CCc1ccc(NC(=O)c2c(C)c(N3CCCC3)nc3ccccc23)cc1. The molecule has 0 atom stereocenters. The zero-order valence-corrected chi connectivity index (χ0v) is 16.0. The van der Waals surface area contributed by atoms with Crippen LogP contribution in [0.1, 0.15) is 41.3 Å². The lowest BCUT2D eigenvalue weighted by molar-refractivity contribution is 0.102. The van der Waals surface area contributed by atoms with Gasteiger partial charge in [-0.2, -0.15) is 0 Å². The number of benzene rings is 2. The van der Waals surface area contributed by atoms with Gasteiger partial charge in [-0.3, -0.25) is 4.79 Å². The molecule has 27 heavy (non-hydrogen) atoms. The molecule has 0 bridgehead atoms. The van der Waals surface area contributed by atoms with Crippen LogP contribution in [0.25, 0.3) is 10.9 Å². The second-order valence-electron chi connectivity index (χ2n) is 7.15. The van der Waals surface area contributed by atoms with Gasteiger partial charge < -0.3 is 10.2 Å². The van der Waals surface area contributed by atoms with Crippen molar-refractivity contribution in [2.24, 2.45) is 0 Å². The van der Waals surface area contributed by atoms with Crippen molar-refractivity contribution < 1.29 is 4.79 Å². The molecule has 0 radical (unpaired) electrons. The van der Waals surface area contributed by atoms with Crippen LogP contribution >= 0.6 is 0 Å². The topological polar surface area (TPSA) is 45.2 Å². The lowest BCUT2D eigenvalue weighted by Gasteiger charge is -2.22. The second-order valence-corrected chi connectivity index (χ2v) is 7.15. The summed E-state index contributed by atoms with van der Waals surface area (Å²) in [5.41, 5.74) is 4.63. The number of carbonyl (C=O) groups excluding carboxylic acids is 1. The summed E-state index contributed by atoms with van der Waals surface area (Å²) in [6, 6.07) is 16.0. The first-order valence-electron chi connectivity index (χ1n) is 9.72. The summed E-state index contributed by atoms with van der Waals surface area (Å²) < 4.78 is 0. The Morgan fingerprint density at radius 1 is 1.07 bits per heavy atom. The van der Waals surface area contributed by atoms with E-state index in [1.54, 1.807) is 0 Å². The summed E-state index contributed by atoms with van der Waals surface area (Å²) in [7, 11) is 0. The number of nitrogens with zero attached hydrogens (tertiary/aromatic N) is 2. The smallest absolute Gasteiger partial charge is 0.256 e. The maximum Gasteiger partial charge on any atom is 0.256 e. The van der Waals surface area contributed by atoms with Crippen LogP contribution in [0.15, 0.2) is 48.5 Å². The first-order valence-corrected chi connectivity index (χ1v) is 9.72. The van der Waals surface area contributed by atoms with Gasteiger partial charge in [0.05, 0.1) is 11.1 Å². The predicted octanol–water partition coefficient (Wildman–Crippen LogP) is 4.96. The van der Waals surface area contributed by atoms with E-state index in [-0.39, 0.29) is 5.91 Å². The summed E-state index contributed by atoms with van der Waals surface area (Å²) in [4.78, 5) is 20.4. The van der Waals surface area contributed by atoms with Gasteiger partial charge in [0.15, 0.2) is 0 Å². The number of aromatic nitrogens is 1. The number of amides is 1. The average Bonchev–Trinajstić information content (AvgIpc) is 3.22. The number of hydrogen-bond donors (Lipinski definition) is 1. The van der Waals surface area contributed by atoms with Gasteiger partial charge >= 0.3 is 0 Å². The van der Waals surface area contributed by atoms with Crippen molar-refractivity contribution in [3.63, 3.8) is 0 Å². The molecule has 2 heterocycles. The van der Waals surface area contributed by atoms with E-state index >= 15 is 0 Å². The van der Waals surface area contributed by atoms with Crippen molar-refractivity contribution in [3.05, 3.63) is 65.2 Å².